The highest BCUT2D eigenvalue weighted by atomic mass is 16.4. The lowest BCUT2D eigenvalue weighted by Crippen LogP contribution is -2.59. The second-order valence-electron chi connectivity index (χ2n) is 15.1. The van der Waals surface area contributed by atoms with Gasteiger partial charge >= 0.3 is 5.97 Å². The third-order valence-electron chi connectivity index (χ3n) is 8.43. The minimum absolute atomic E-state index is 0.0132. The number of primary amides is 2. The predicted octanol–water partition coefficient (Wildman–Crippen LogP) is -1.97. The molecule has 0 saturated carbocycles. The number of benzene rings is 1. The monoisotopic (exact) mass is 829 g/mol. The van der Waals surface area contributed by atoms with Crippen LogP contribution in [0.2, 0.25) is 0 Å². The summed E-state index contributed by atoms with van der Waals surface area (Å²) in [5, 5.41) is 26.4. The number of carboxylic acid groups (broad SMARTS) is 1. The lowest BCUT2D eigenvalue weighted by molar-refractivity contribution is -0.141. The summed E-state index contributed by atoms with van der Waals surface area (Å²) in [7, 11) is 0. The van der Waals surface area contributed by atoms with E-state index in [0.717, 1.165) is 12.2 Å². The summed E-state index contributed by atoms with van der Waals surface area (Å²) in [5.41, 5.74) is 11.4. The number of carbonyl (C=O) groups is 10. The Hall–Kier alpha value is -6.34. The molecular formula is C39H59N9O11. The van der Waals surface area contributed by atoms with Gasteiger partial charge < -0.3 is 53.8 Å². The predicted molar refractivity (Wildman–Crippen MR) is 214 cm³/mol. The van der Waals surface area contributed by atoms with Gasteiger partial charge in [-0.15, -0.1) is 0 Å². The third-order valence-corrected chi connectivity index (χ3v) is 8.43. The second kappa shape index (κ2) is 25.8. The Kier molecular flexibility index (Phi) is 22.2. The van der Waals surface area contributed by atoms with Crippen molar-refractivity contribution in [1.29, 1.82) is 0 Å². The zero-order chi connectivity index (χ0) is 44.8. The van der Waals surface area contributed by atoms with Crippen molar-refractivity contribution in [2.75, 3.05) is 13.1 Å². The van der Waals surface area contributed by atoms with Crippen molar-refractivity contribution in [3.63, 3.8) is 0 Å². The van der Waals surface area contributed by atoms with Crippen LogP contribution in [0, 0.1) is 17.8 Å². The van der Waals surface area contributed by atoms with Crippen molar-refractivity contribution in [3.8, 4) is 0 Å². The average Bonchev–Trinajstić information content (AvgIpc) is 3.14. The van der Waals surface area contributed by atoms with Crippen LogP contribution >= 0.6 is 0 Å². The molecule has 0 bridgehead atoms. The van der Waals surface area contributed by atoms with E-state index in [2.05, 4.69) is 37.2 Å². The molecule has 0 spiro atoms. The molecule has 0 radical (unpaired) electrons. The molecule has 0 heterocycles. The van der Waals surface area contributed by atoms with Crippen molar-refractivity contribution in [2.24, 2.45) is 29.2 Å². The van der Waals surface area contributed by atoms with E-state index in [1.165, 1.54) is 0 Å². The van der Waals surface area contributed by atoms with E-state index in [1.807, 2.05) is 13.8 Å². The maximum atomic E-state index is 13.6. The molecule has 20 nitrogen and oxygen atoms in total. The van der Waals surface area contributed by atoms with E-state index < -0.39 is 102 Å². The molecule has 59 heavy (non-hydrogen) atoms. The fourth-order valence-corrected chi connectivity index (χ4v) is 5.46. The van der Waals surface area contributed by atoms with Gasteiger partial charge in [-0.25, -0.2) is 4.79 Å². The molecular weight excluding hydrogens is 770 g/mol. The van der Waals surface area contributed by atoms with Crippen LogP contribution in [0.25, 0.3) is 0 Å². The van der Waals surface area contributed by atoms with Crippen LogP contribution in [0.5, 0.6) is 0 Å². The van der Waals surface area contributed by atoms with Crippen molar-refractivity contribution >= 4 is 59.1 Å². The van der Waals surface area contributed by atoms with Gasteiger partial charge in [-0.1, -0.05) is 71.9 Å². The molecule has 0 aromatic heterocycles. The standard InChI is InChI=1S/C39H59N9O11/c1-21(2)16-26(37(56)47-27(17-22(3)4)38(57)48-34(23(5)6)35(41)54)46-36(55)25(12-13-29(40)49)44-31(51)15-14-30(50)42-19-32(52)43-20-33(53)45-28(39(58)59)18-24-10-8-7-9-11-24/h7-11,14-15,21-23,25-28,34H,12-13,16-20H2,1-6H3,(H2,40,49)(H2,41,54)(H,42,50)(H,43,52)(H,44,51)(H,45,53)(H,46,55)(H,47,56)(H,48,57)(H,58,59)/b15-14+/t25-,26-,27-,28-,34-/m0/s1. The first-order valence-corrected chi connectivity index (χ1v) is 19.2. The fraction of sp³-hybridized carbons (Fsp3) is 0.538. The van der Waals surface area contributed by atoms with Gasteiger partial charge in [0.2, 0.25) is 53.2 Å². The number of hydrogen-bond acceptors (Lipinski definition) is 10. The molecule has 0 unspecified atom stereocenters. The molecule has 0 saturated heterocycles. The Morgan fingerprint density at radius 3 is 1.61 bits per heavy atom. The number of carboxylic acids is 1. The molecule has 0 aliphatic carbocycles. The van der Waals surface area contributed by atoms with Gasteiger partial charge in [0.25, 0.3) is 0 Å². The van der Waals surface area contributed by atoms with Crippen molar-refractivity contribution < 1.29 is 53.1 Å². The van der Waals surface area contributed by atoms with Gasteiger partial charge in [0.05, 0.1) is 13.1 Å². The molecule has 12 N–H and O–H groups in total. The zero-order valence-corrected chi connectivity index (χ0v) is 34.3. The first-order chi connectivity index (χ1) is 27.6. The molecule has 1 aromatic carbocycles. The summed E-state index contributed by atoms with van der Waals surface area (Å²) in [4.78, 5) is 125. The Morgan fingerprint density at radius 1 is 0.610 bits per heavy atom. The van der Waals surface area contributed by atoms with Gasteiger partial charge in [0.15, 0.2) is 0 Å². The van der Waals surface area contributed by atoms with E-state index in [1.54, 1.807) is 58.0 Å². The fourth-order valence-electron chi connectivity index (χ4n) is 5.46. The summed E-state index contributed by atoms with van der Waals surface area (Å²) in [6.45, 7) is 9.43. The molecule has 0 fully saturated rings. The van der Waals surface area contributed by atoms with E-state index >= 15 is 0 Å². The van der Waals surface area contributed by atoms with Crippen LogP contribution in [0.3, 0.4) is 0 Å². The number of rotatable bonds is 26. The van der Waals surface area contributed by atoms with Crippen LogP contribution in [0.15, 0.2) is 42.5 Å². The highest BCUT2D eigenvalue weighted by Crippen LogP contribution is 2.11. The normalized spacial score (nSPS) is 13.6. The zero-order valence-electron chi connectivity index (χ0n) is 34.3. The number of hydrogen-bond donors (Lipinski definition) is 10. The maximum absolute atomic E-state index is 13.6. The van der Waals surface area contributed by atoms with Gasteiger partial charge in [-0.05, 0) is 42.6 Å². The topological polar surface area (TPSA) is 327 Å². The lowest BCUT2D eigenvalue weighted by Gasteiger charge is -2.28. The summed E-state index contributed by atoms with van der Waals surface area (Å²) >= 11 is 0. The van der Waals surface area contributed by atoms with Gasteiger partial charge in [0.1, 0.15) is 30.2 Å². The number of aliphatic carboxylic acids is 1. The summed E-state index contributed by atoms with van der Waals surface area (Å²) in [6, 6.07) is 2.64. The maximum Gasteiger partial charge on any atom is 0.326 e. The number of amides is 9. The van der Waals surface area contributed by atoms with Gasteiger partial charge in [-0.3, -0.25) is 43.2 Å². The van der Waals surface area contributed by atoms with Gasteiger partial charge in [-0.2, -0.15) is 0 Å². The highest BCUT2D eigenvalue weighted by molar-refractivity contribution is 6.00. The molecule has 9 amide bonds. The molecule has 20 heteroatoms. The lowest BCUT2D eigenvalue weighted by atomic mass is 9.98. The Balaban J connectivity index is 2.89. The van der Waals surface area contributed by atoms with Crippen molar-refractivity contribution in [1.82, 2.24) is 37.2 Å². The molecule has 0 aliphatic heterocycles. The number of nitrogens with two attached hydrogens (primary N) is 2. The Bertz CT molecular complexity index is 1680. The minimum atomic E-state index is -1.41. The van der Waals surface area contributed by atoms with Gasteiger partial charge in [0, 0.05) is 25.0 Å². The molecule has 0 aliphatic rings. The summed E-state index contributed by atoms with van der Waals surface area (Å²) < 4.78 is 0. The van der Waals surface area contributed by atoms with Crippen LogP contribution in [-0.2, 0) is 54.4 Å². The van der Waals surface area contributed by atoms with Crippen LogP contribution in [0.1, 0.15) is 72.8 Å². The molecule has 1 rings (SSSR count). The average molecular weight is 830 g/mol. The Labute approximate surface area is 343 Å². The third kappa shape index (κ3) is 21.1. The minimum Gasteiger partial charge on any atom is -0.480 e. The smallest absolute Gasteiger partial charge is 0.326 e. The molecule has 5 atom stereocenters. The first kappa shape index (κ1) is 50.7. The summed E-state index contributed by atoms with van der Waals surface area (Å²) in [6.07, 6.45) is 1.21. The van der Waals surface area contributed by atoms with E-state index in [9.17, 15) is 53.1 Å². The SMILES string of the molecule is CC(C)C[C@H](NC(=O)[C@H](CCC(N)=O)NC(=O)/C=C/C(=O)NCC(=O)NCC(=O)N[C@@H](Cc1ccccc1)C(=O)O)C(=O)N[C@@H](CC(C)C)C(=O)N[C@H](C(N)=O)C(C)C. The molecule has 1 aromatic rings. The van der Waals surface area contributed by atoms with E-state index in [-0.39, 0.29) is 49.9 Å². The van der Waals surface area contributed by atoms with Crippen molar-refractivity contribution in [2.45, 2.75) is 104 Å². The quantitative estimate of drug-likeness (QED) is 0.0457. The van der Waals surface area contributed by atoms with Crippen LogP contribution in [0.4, 0.5) is 0 Å². The summed E-state index contributed by atoms with van der Waals surface area (Å²) in [5.74, 6) is -9.02. The molecule has 326 valence electrons. The first-order valence-electron chi connectivity index (χ1n) is 19.2. The van der Waals surface area contributed by atoms with Crippen LogP contribution in [-0.4, -0.2) is 108 Å². The van der Waals surface area contributed by atoms with E-state index in [0.29, 0.717) is 5.56 Å². The second-order valence-corrected chi connectivity index (χ2v) is 15.1. The number of nitrogens with one attached hydrogen (secondary N) is 7. The Morgan fingerprint density at radius 2 is 1.12 bits per heavy atom. The van der Waals surface area contributed by atoms with Crippen LogP contribution < -0.4 is 48.7 Å². The van der Waals surface area contributed by atoms with Crippen molar-refractivity contribution in [3.05, 3.63) is 48.0 Å². The largest absolute Gasteiger partial charge is 0.480 e. The van der Waals surface area contributed by atoms with E-state index in [4.69, 9.17) is 11.5 Å². The highest BCUT2D eigenvalue weighted by Gasteiger charge is 2.32. The number of carbonyl (C=O) groups excluding carboxylic acids is 9.